The van der Waals surface area contributed by atoms with Crippen molar-refractivity contribution < 1.29 is 20.4 Å². The third kappa shape index (κ3) is 1.93. The van der Waals surface area contributed by atoms with Crippen LogP contribution < -0.4 is 0 Å². The summed E-state index contributed by atoms with van der Waals surface area (Å²) in [6.07, 6.45) is 0. The first-order chi connectivity index (χ1) is 8.52. The summed E-state index contributed by atoms with van der Waals surface area (Å²) in [6, 6.07) is 8.83. The van der Waals surface area contributed by atoms with Crippen LogP contribution in [0.15, 0.2) is 36.4 Å². The van der Waals surface area contributed by atoms with Crippen molar-refractivity contribution in [3.05, 3.63) is 47.5 Å². The van der Waals surface area contributed by atoms with Gasteiger partial charge in [-0.3, -0.25) is 0 Å². The summed E-state index contributed by atoms with van der Waals surface area (Å²) in [7, 11) is 0. The minimum Gasteiger partial charge on any atom is -0.508 e. The molecule has 0 spiro atoms. The first-order valence-electron chi connectivity index (χ1n) is 5.54. The van der Waals surface area contributed by atoms with Crippen LogP contribution in [0.25, 0.3) is 0 Å². The highest BCUT2D eigenvalue weighted by molar-refractivity contribution is 5.55. The summed E-state index contributed by atoms with van der Waals surface area (Å²) in [5.41, 5.74) is 0.545. The molecule has 0 amide bonds. The fraction of sp³-hybridized carbons (Fsp3) is 0.143. The molecule has 0 saturated heterocycles. The lowest BCUT2D eigenvalue weighted by atomic mass is 9.90. The molecule has 4 nitrogen and oxygen atoms in total. The first kappa shape index (κ1) is 12.1. The number of rotatable bonds is 2. The molecule has 0 aliphatic carbocycles. The second kappa shape index (κ2) is 4.49. The van der Waals surface area contributed by atoms with Crippen molar-refractivity contribution in [3.8, 4) is 23.0 Å². The van der Waals surface area contributed by atoms with Gasteiger partial charge in [-0.05, 0) is 24.3 Å². The van der Waals surface area contributed by atoms with Crippen LogP contribution in [-0.2, 0) is 0 Å². The van der Waals surface area contributed by atoms with Gasteiger partial charge < -0.3 is 20.4 Å². The van der Waals surface area contributed by atoms with Gasteiger partial charge in [0.25, 0.3) is 0 Å². The van der Waals surface area contributed by atoms with Crippen molar-refractivity contribution in [1.29, 1.82) is 0 Å². The van der Waals surface area contributed by atoms with Crippen molar-refractivity contribution >= 4 is 0 Å². The van der Waals surface area contributed by atoms with E-state index in [0.717, 1.165) is 0 Å². The Kier molecular flexibility index (Phi) is 3.02. The van der Waals surface area contributed by atoms with Crippen molar-refractivity contribution in [2.45, 2.75) is 12.8 Å². The van der Waals surface area contributed by atoms with E-state index in [1.54, 1.807) is 6.92 Å². The van der Waals surface area contributed by atoms with Crippen LogP contribution in [0, 0.1) is 0 Å². The van der Waals surface area contributed by atoms with Gasteiger partial charge in [-0.1, -0.05) is 19.1 Å². The second-order valence-electron chi connectivity index (χ2n) is 4.14. The fourth-order valence-electron chi connectivity index (χ4n) is 2.11. The molecule has 0 bridgehead atoms. The molecule has 0 fully saturated rings. The molecule has 4 heteroatoms. The topological polar surface area (TPSA) is 80.9 Å². The van der Waals surface area contributed by atoms with Gasteiger partial charge in [-0.2, -0.15) is 0 Å². The summed E-state index contributed by atoms with van der Waals surface area (Å²) in [6.45, 7) is 1.68. The van der Waals surface area contributed by atoms with E-state index in [9.17, 15) is 20.4 Å². The zero-order valence-corrected chi connectivity index (χ0v) is 9.83. The minimum absolute atomic E-state index is 0.0786. The van der Waals surface area contributed by atoms with Crippen molar-refractivity contribution in [2.75, 3.05) is 0 Å². The highest BCUT2D eigenvalue weighted by Crippen LogP contribution is 2.43. The Hall–Kier alpha value is -2.36. The molecule has 2 rings (SSSR count). The van der Waals surface area contributed by atoms with Gasteiger partial charge in [0, 0.05) is 17.0 Å². The van der Waals surface area contributed by atoms with E-state index in [0.29, 0.717) is 0 Å². The van der Waals surface area contributed by atoms with E-state index >= 15 is 0 Å². The third-order valence-corrected chi connectivity index (χ3v) is 2.99. The standard InChI is InChI=1S/C14H14O4/c1-8(13-9(15)4-2-5-10(13)16)14-11(17)6-3-7-12(14)18/h2-8,15-18H,1H3. The van der Waals surface area contributed by atoms with Crippen molar-refractivity contribution in [2.24, 2.45) is 0 Å². The van der Waals surface area contributed by atoms with Gasteiger partial charge >= 0.3 is 0 Å². The Labute approximate surface area is 104 Å². The number of hydrogen-bond donors (Lipinski definition) is 4. The second-order valence-corrected chi connectivity index (χ2v) is 4.14. The van der Waals surface area contributed by atoms with Gasteiger partial charge in [0.15, 0.2) is 0 Å². The summed E-state index contributed by atoms with van der Waals surface area (Å²) >= 11 is 0. The van der Waals surface area contributed by atoms with Crippen LogP contribution in [0.1, 0.15) is 24.0 Å². The van der Waals surface area contributed by atoms with E-state index in [2.05, 4.69) is 0 Å². The predicted octanol–water partition coefficient (Wildman–Crippen LogP) is 2.66. The molecule has 0 saturated carbocycles. The average molecular weight is 246 g/mol. The maximum absolute atomic E-state index is 9.78. The molecule has 0 atom stereocenters. The minimum atomic E-state index is -0.535. The highest BCUT2D eigenvalue weighted by Gasteiger charge is 2.22. The molecule has 18 heavy (non-hydrogen) atoms. The lowest BCUT2D eigenvalue weighted by Gasteiger charge is -2.17. The van der Waals surface area contributed by atoms with Crippen LogP contribution in [0.5, 0.6) is 23.0 Å². The predicted molar refractivity (Wildman–Crippen MR) is 67.1 cm³/mol. The zero-order chi connectivity index (χ0) is 13.3. The Morgan fingerprint density at radius 3 is 1.22 bits per heavy atom. The third-order valence-electron chi connectivity index (χ3n) is 2.99. The molecule has 0 aliphatic heterocycles. The van der Waals surface area contributed by atoms with Gasteiger partial charge in [0.1, 0.15) is 23.0 Å². The number of phenolic OH excluding ortho intramolecular Hbond substituents is 4. The molecule has 0 radical (unpaired) electrons. The lowest BCUT2D eigenvalue weighted by molar-refractivity contribution is 0.420. The van der Waals surface area contributed by atoms with E-state index in [1.165, 1.54) is 36.4 Å². The maximum Gasteiger partial charge on any atom is 0.123 e. The van der Waals surface area contributed by atoms with Crippen LogP contribution in [0.4, 0.5) is 0 Å². The molecule has 2 aromatic carbocycles. The van der Waals surface area contributed by atoms with Crippen LogP contribution >= 0.6 is 0 Å². The summed E-state index contributed by atoms with van der Waals surface area (Å²) in [4.78, 5) is 0. The van der Waals surface area contributed by atoms with E-state index in [-0.39, 0.29) is 34.1 Å². The quantitative estimate of drug-likeness (QED) is 0.656. The smallest absolute Gasteiger partial charge is 0.123 e. The molecular weight excluding hydrogens is 232 g/mol. The normalized spacial score (nSPS) is 10.8. The summed E-state index contributed by atoms with van der Waals surface area (Å²) < 4.78 is 0. The number of phenols is 4. The molecule has 0 unspecified atom stereocenters. The first-order valence-corrected chi connectivity index (χ1v) is 5.54. The lowest BCUT2D eigenvalue weighted by Crippen LogP contribution is -1.98. The number of hydrogen-bond acceptors (Lipinski definition) is 4. The van der Waals surface area contributed by atoms with Gasteiger partial charge in [-0.15, -0.1) is 0 Å². The monoisotopic (exact) mass is 246 g/mol. The van der Waals surface area contributed by atoms with E-state index in [4.69, 9.17) is 0 Å². The van der Waals surface area contributed by atoms with Gasteiger partial charge in [-0.25, -0.2) is 0 Å². The van der Waals surface area contributed by atoms with Gasteiger partial charge in [0.2, 0.25) is 0 Å². The molecule has 2 aromatic rings. The van der Waals surface area contributed by atoms with Crippen LogP contribution in [0.2, 0.25) is 0 Å². The molecule has 0 heterocycles. The summed E-state index contributed by atoms with van der Waals surface area (Å²) in [5, 5.41) is 39.1. The molecular formula is C14H14O4. The largest absolute Gasteiger partial charge is 0.508 e. The van der Waals surface area contributed by atoms with Crippen molar-refractivity contribution in [3.63, 3.8) is 0 Å². The molecule has 4 N–H and O–H groups in total. The Morgan fingerprint density at radius 2 is 0.944 bits per heavy atom. The van der Waals surface area contributed by atoms with Crippen LogP contribution in [-0.4, -0.2) is 20.4 Å². The maximum atomic E-state index is 9.78. The zero-order valence-electron chi connectivity index (χ0n) is 9.83. The molecule has 94 valence electrons. The average Bonchev–Trinajstić information content (AvgIpc) is 2.28. The number of aromatic hydroxyl groups is 4. The van der Waals surface area contributed by atoms with E-state index in [1.807, 2.05) is 0 Å². The SMILES string of the molecule is CC(c1c(O)cccc1O)c1c(O)cccc1O. The van der Waals surface area contributed by atoms with Crippen LogP contribution in [0.3, 0.4) is 0 Å². The Balaban J connectivity index is 2.58. The Morgan fingerprint density at radius 1 is 0.667 bits per heavy atom. The fourth-order valence-corrected chi connectivity index (χ4v) is 2.11. The summed E-state index contributed by atoms with van der Waals surface area (Å²) in [5.74, 6) is -0.849. The number of benzene rings is 2. The highest BCUT2D eigenvalue weighted by atomic mass is 16.3. The Bertz CT molecular complexity index is 486. The molecule has 0 aliphatic rings. The van der Waals surface area contributed by atoms with Crippen molar-refractivity contribution in [1.82, 2.24) is 0 Å². The molecule has 0 aromatic heterocycles. The van der Waals surface area contributed by atoms with Gasteiger partial charge in [0.05, 0.1) is 0 Å². The van der Waals surface area contributed by atoms with E-state index < -0.39 is 5.92 Å².